The molecule has 148 valence electrons. The topological polar surface area (TPSA) is 69.3 Å². The average Bonchev–Trinajstić information content (AvgIpc) is 3.24. The van der Waals surface area contributed by atoms with E-state index in [0.717, 1.165) is 23.5 Å². The minimum Gasteiger partial charge on any atom is -0.467 e. The Morgan fingerprint density at radius 1 is 1.25 bits per heavy atom. The van der Waals surface area contributed by atoms with E-state index in [9.17, 15) is 18.0 Å². The van der Waals surface area contributed by atoms with Crippen LogP contribution in [0, 0.1) is 13.8 Å². The van der Waals surface area contributed by atoms with Gasteiger partial charge in [0, 0.05) is 17.8 Å². The quantitative estimate of drug-likeness (QED) is 0.687. The molecule has 0 saturated carbocycles. The van der Waals surface area contributed by atoms with Gasteiger partial charge in [0.05, 0.1) is 12.0 Å². The Bertz CT molecular complexity index is 932. The minimum absolute atomic E-state index is 0.190. The lowest BCUT2D eigenvalue weighted by Gasteiger charge is -2.18. The van der Waals surface area contributed by atoms with Gasteiger partial charge in [-0.05, 0) is 56.3 Å². The van der Waals surface area contributed by atoms with Crippen molar-refractivity contribution in [1.29, 1.82) is 0 Å². The summed E-state index contributed by atoms with van der Waals surface area (Å²) >= 11 is 0. The number of hydrogen-bond acceptors (Lipinski definition) is 4. The van der Waals surface area contributed by atoms with Crippen molar-refractivity contribution in [3.05, 3.63) is 71.4 Å². The summed E-state index contributed by atoms with van der Waals surface area (Å²) in [6.07, 6.45) is -3.24. The Morgan fingerprint density at radius 2 is 1.96 bits per heavy atom. The summed E-state index contributed by atoms with van der Waals surface area (Å²) in [7, 11) is 0. The highest BCUT2D eigenvalue weighted by Crippen LogP contribution is 2.23. The summed E-state index contributed by atoms with van der Waals surface area (Å²) in [5.41, 5.74) is 1.95. The number of alkyl halides is 3. The first-order chi connectivity index (χ1) is 13.2. The molecular weight excluding hydrogens is 375 g/mol. The minimum atomic E-state index is -4.78. The van der Waals surface area contributed by atoms with Crippen LogP contribution in [0.2, 0.25) is 0 Å². The summed E-state index contributed by atoms with van der Waals surface area (Å²) in [5.74, 6) is -0.197. The smallest absolute Gasteiger partial charge is 0.467 e. The first-order valence-electron chi connectivity index (χ1n) is 8.43. The van der Waals surface area contributed by atoms with Crippen molar-refractivity contribution in [3.8, 4) is 5.75 Å². The van der Waals surface area contributed by atoms with E-state index in [1.54, 1.807) is 16.8 Å². The van der Waals surface area contributed by atoms with Crippen LogP contribution in [0.5, 0.6) is 5.75 Å². The molecule has 6 nitrogen and oxygen atoms in total. The van der Waals surface area contributed by atoms with E-state index >= 15 is 0 Å². The molecule has 1 aromatic carbocycles. The predicted molar refractivity (Wildman–Crippen MR) is 94.0 cm³/mol. The number of amides is 1. The number of aromatic nitrogens is 2. The van der Waals surface area contributed by atoms with Gasteiger partial charge in [-0.2, -0.15) is 5.10 Å². The zero-order valence-electron chi connectivity index (χ0n) is 15.2. The maximum Gasteiger partial charge on any atom is 0.573 e. The molecule has 0 fully saturated rings. The molecule has 0 aliphatic heterocycles. The van der Waals surface area contributed by atoms with Gasteiger partial charge in [-0.3, -0.25) is 9.48 Å². The molecule has 0 aliphatic carbocycles. The number of carbonyl (C=O) groups excluding carboxylic acids is 1. The van der Waals surface area contributed by atoms with Crippen molar-refractivity contribution < 1.29 is 27.1 Å². The molecule has 28 heavy (non-hydrogen) atoms. The lowest BCUT2D eigenvalue weighted by atomic mass is 10.2. The summed E-state index contributed by atoms with van der Waals surface area (Å²) in [6.45, 7) is 3.96. The van der Waals surface area contributed by atoms with Crippen molar-refractivity contribution in [3.63, 3.8) is 0 Å². The van der Waals surface area contributed by atoms with Crippen LogP contribution in [0.15, 0.2) is 53.1 Å². The molecule has 2 aromatic heterocycles. The van der Waals surface area contributed by atoms with Gasteiger partial charge in [0.25, 0.3) is 5.91 Å². The van der Waals surface area contributed by atoms with Crippen LogP contribution < -0.4 is 10.1 Å². The van der Waals surface area contributed by atoms with Gasteiger partial charge in [-0.15, -0.1) is 13.2 Å². The highest BCUT2D eigenvalue weighted by atomic mass is 19.4. The molecule has 1 amide bonds. The van der Waals surface area contributed by atoms with Crippen molar-refractivity contribution in [2.24, 2.45) is 0 Å². The second-order valence-corrected chi connectivity index (χ2v) is 6.19. The van der Waals surface area contributed by atoms with Crippen molar-refractivity contribution in [2.45, 2.75) is 26.3 Å². The van der Waals surface area contributed by atoms with E-state index in [1.165, 1.54) is 18.4 Å². The summed E-state index contributed by atoms with van der Waals surface area (Å²) in [6, 6.07) is 9.80. The zero-order valence-corrected chi connectivity index (χ0v) is 15.2. The number of rotatable bonds is 6. The summed E-state index contributed by atoms with van der Waals surface area (Å²) < 4.78 is 47.7. The van der Waals surface area contributed by atoms with E-state index < -0.39 is 12.3 Å². The van der Waals surface area contributed by atoms with Gasteiger partial charge in [0.15, 0.2) is 0 Å². The number of ether oxygens (including phenoxy) is 1. The Balaban J connectivity index is 1.71. The summed E-state index contributed by atoms with van der Waals surface area (Å²) in [4.78, 5) is 12.4. The van der Waals surface area contributed by atoms with Gasteiger partial charge < -0.3 is 14.5 Å². The molecule has 3 rings (SSSR count). The van der Waals surface area contributed by atoms with Crippen LogP contribution in [0.4, 0.5) is 13.2 Å². The summed E-state index contributed by atoms with van der Waals surface area (Å²) in [5, 5.41) is 7.21. The normalized spacial score (nSPS) is 12.6. The fraction of sp³-hybridized carbons (Fsp3) is 0.263. The monoisotopic (exact) mass is 393 g/mol. The number of nitrogens with one attached hydrogen (secondary N) is 1. The maximum atomic E-state index is 12.4. The fourth-order valence-electron chi connectivity index (χ4n) is 2.85. The molecule has 0 saturated heterocycles. The molecule has 1 atom stereocenters. The van der Waals surface area contributed by atoms with Crippen LogP contribution in [-0.2, 0) is 0 Å². The van der Waals surface area contributed by atoms with Crippen LogP contribution in [-0.4, -0.2) is 28.6 Å². The molecule has 3 aromatic rings. The van der Waals surface area contributed by atoms with Crippen molar-refractivity contribution >= 4 is 5.91 Å². The average molecular weight is 393 g/mol. The first kappa shape index (κ1) is 19.5. The molecule has 0 bridgehead atoms. The third-order valence-electron chi connectivity index (χ3n) is 4.02. The Kier molecular flexibility index (Phi) is 5.43. The number of carbonyl (C=O) groups is 1. The van der Waals surface area contributed by atoms with Gasteiger partial charge in [0.1, 0.15) is 17.6 Å². The van der Waals surface area contributed by atoms with Gasteiger partial charge in [-0.1, -0.05) is 0 Å². The predicted octanol–water partition coefficient (Wildman–Crippen LogP) is 4.01. The standard InChI is InChI=1S/C19H18F3N3O3/c1-12-10-13(2)25(24-12)16(17-4-3-9-27-17)11-23-18(26)14-5-7-15(8-6-14)28-19(20,21)22/h3-10,16H,11H2,1-2H3,(H,23,26). The molecule has 0 aliphatic rings. The molecule has 0 spiro atoms. The molecular formula is C19H18F3N3O3. The van der Waals surface area contributed by atoms with E-state index in [0.29, 0.717) is 5.76 Å². The van der Waals surface area contributed by atoms with Crippen LogP contribution in [0.1, 0.15) is 33.5 Å². The van der Waals surface area contributed by atoms with Crippen LogP contribution >= 0.6 is 0 Å². The van der Waals surface area contributed by atoms with Crippen molar-refractivity contribution in [2.75, 3.05) is 6.54 Å². The van der Waals surface area contributed by atoms with Crippen LogP contribution in [0.3, 0.4) is 0 Å². The van der Waals surface area contributed by atoms with E-state index in [2.05, 4.69) is 15.2 Å². The lowest BCUT2D eigenvalue weighted by molar-refractivity contribution is -0.274. The lowest BCUT2D eigenvalue weighted by Crippen LogP contribution is -2.32. The number of hydrogen-bond donors (Lipinski definition) is 1. The fourth-order valence-corrected chi connectivity index (χ4v) is 2.85. The SMILES string of the molecule is Cc1cc(C)n(C(CNC(=O)c2ccc(OC(F)(F)F)cc2)c2ccco2)n1. The number of furan rings is 1. The largest absolute Gasteiger partial charge is 0.573 e. The van der Waals surface area contributed by atoms with E-state index in [1.807, 2.05) is 19.9 Å². The second-order valence-electron chi connectivity index (χ2n) is 6.19. The first-order valence-corrected chi connectivity index (χ1v) is 8.43. The number of nitrogens with zero attached hydrogens (tertiary/aromatic N) is 2. The molecule has 9 heteroatoms. The number of aryl methyl sites for hydroxylation is 2. The Hall–Kier alpha value is -3.23. The van der Waals surface area contributed by atoms with Gasteiger partial charge in [0.2, 0.25) is 0 Å². The maximum absolute atomic E-state index is 12.4. The number of halogens is 3. The number of benzene rings is 1. The third kappa shape index (κ3) is 4.73. The Labute approximate surface area is 158 Å². The van der Waals surface area contributed by atoms with Crippen molar-refractivity contribution in [1.82, 2.24) is 15.1 Å². The third-order valence-corrected chi connectivity index (χ3v) is 4.02. The molecule has 0 radical (unpaired) electrons. The van der Waals surface area contributed by atoms with Gasteiger partial charge in [-0.25, -0.2) is 0 Å². The molecule has 2 heterocycles. The highest BCUT2D eigenvalue weighted by molar-refractivity contribution is 5.94. The van der Waals surface area contributed by atoms with Gasteiger partial charge >= 0.3 is 6.36 Å². The Morgan fingerprint density at radius 3 is 2.50 bits per heavy atom. The highest BCUT2D eigenvalue weighted by Gasteiger charge is 2.31. The molecule has 1 unspecified atom stereocenters. The zero-order chi connectivity index (χ0) is 20.3. The second kappa shape index (κ2) is 7.79. The van der Waals surface area contributed by atoms with E-state index in [-0.39, 0.29) is 23.9 Å². The van der Waals surface area contributed by atoms with Crippen LogP contribution in [0.25, 0.3) is 0 Å². The molecule has 1 N–H and O–H groups in total. The van der Waals surface area contributed by atoms with E-state index in [4.69, 9.17) is 4.42 Å².